The topological polar surface area (TPSA) is 73.6 Å². The van der Waals surface area contributed by atoms with Gasteiger partial charge in [-0.15, -0.1) is 0 Å². The highest BCUT2D eigenvalue weighted by atomic mass is 35.5. The summed E-state index contributed by atoms with van der Waals surface area (Å²) in [6.07, 6.45) is 0. The van der Waals surface area contributed by atoms with E-state index >= 15 is 0 Å². The van der Waals surface area contributed by atoms with Crippen molar-refractivity contribution in [3.05, 3.63) is 69.5 Å². The molecule has 0 spiro atoms. The largest absolute Gasteiger partial charge is 0.493 e. The molecule has 0 radical (unpaired) electrons. The number of anilines is 1. The number of carbonyl (C=O) groups excluding carboxylic acids is 1. The zero-order chi connectivity index (χ0) is 19.4. The van der Waals surface area contributed by atoms with Gasteiger partial charge < -0.3 is 19.3 Å². The van der Waals surface area contributed by atoms with Crippen LogP contribution in [0.5, 0.6) is 11.5 Å². The molecule has 0 aliphatic carbocycles. The Hall–Kier alpha value is -2.70. The van der Waals surface area contributed by atoms with Crippen molar-refractivity contribution in [3.8, 4) is 11.5 Å². The molecule has 1 amide bonds. The summed E-state index contributed by atoms with van der Waals surface area (Å²) in [5.41, 5.74) is 1.11. The molecule has 0 unspecified atom stereocenters. The van der Waals surface area contributed by atoms with Gasteiger partial charge in [-0.25, -0.2) is 0 Å². The van der Waals surface area contributed by atoms with Gasteiger partial charge >= 0.3 is 0 Å². The summed E-state index contributed by atoms with van der Waals surface area (Å²) in [5, 5.41) is 7.37. The Labute approximate surface area is 166 Å². The van der Waals surface area contributed by atoms with Crippen molar-refractivity contribution in [3.63, 3.8) is 0 Å². The van der Waals surface area contributed by atoms with E-state index in [2.05, 4.69) is 10.5 Å². The number of nitrogens with one attached hydrogen (secondary N) is 1. The van der Waals surface area contributed by atoms with E-state index in [-0.39, 0.29) is 12.3 Å². The van der Waals surface area contributed by atoms with Crippen molar-refractivity contribution in [2.45, 2.75) is 13.5 Å². The van der Waals surface area contributed by atoms with E-state index in [1.54, 1.807) is 44.4 Å². The predicted octanol–water partition coefficient (Wildman–Crippen LogP) is 5.13. The molecule has 0 fully saturated rings. The number of para-hydroxylation sites is 2. The first-order valence-electron chi connectivity index (χ1n) is 7.96. The summed E-state index contributed by atoms with van der Waals surface area (Å²) in [6.45, 7) is 1.80. The molecule has 0 aliphatic heterocycles. The Morgan fingerprint density at radius 3 is 2.48 bits per heavy atom. The van der Waals surface area contributed by atoms with Crippen LogP contribution in [0.4, 0.5) is 5.69 Å². The number of hydrogen-bond acceptors (Lipinski definition) is 5. The highest BCUT2D eigenvalue weighted by Crippen LogP contribution is 2.28. The van der Waals surface area contributed by atoms with Crippen LogP contribution in [0.3, 0.4) is 0 Å². The summed E-state index contributed by atoms with van der Waals surface area (Å²) < 4.78 is 16.2. The lowest BCUT2D eigenvalue weighted by molar-refractivity contribution is 0.101. The van der Waals surface area contributed by atoms with Gasteiger partial charge in [-0.3, -0.25) is 4.79 Å². The van der Waals surface area contributed by atoms with Crippen LogP contribution in [0, 0.1) is 6.92 Å². The fraction of sp³-hybridized carbons (Fsp3) is 0.158. The van der Waals surface area contributed by atoms with Crippen LogP contribution in [0.2, 0.25) is 10.0 Å². The Morgan fingerprint density at radius 2 is 1.81 bits per heavy atom. The molecule has 1 heterocycles. The molecule has 0 aliphatic rings. The fourth-order valence-corrected chi connectivity index (χ4v) is 2.97. The second-order valence-corrected chi connectivity index (χ2v) is 6.49. The zero-order valence-corrected chi connectivity index (χ0v) is 16.1. The van der Waals surface area contributed by atoms with Crippen molar-refractivity contribution in [1.29, 1.82) is 0 Å². The van der Waals surface area contributed by atoms with Gasteiger partial charge in [0.1, 0.15) is 12.4 Å². The van der Waals surface area contributed by atoms with Crippen molar-refractivity contribution < 1.29 is 18.8 Å². The van der Waals surface area contributed by atoms with Crippen LogP contribution in [-0.2, 0) is 6.61 Å². The number of methoxy groups -OCH3 is 1. The molecule has 1 N–H and O–H groups in total. The highest BCUT2D eigenvalue weighted by Gasteiger charge is 2.21. The third kappa shape index (κ3) is 4.53. The van der Waals surface area contributed by atoms with Gasteiger partial charge in [-0.1, -0.05) is 40.5 Å². The van der Waals surface area contributed by atoms with Crippen LogP contribution >= 0.6 is 23.2 Å². The molecule has 1 aromatic heterocycles. The number of carbonyl (C=O) groups is 1. The van der Waals surface area contributed by atoms with Crippen molar-refractivity contribution >= 4 is 34.8 Å². The zero-order valence-electron chi connectivity index (χ0n) is 14.6. The van der Waals surface area contributed by atoms with Gasteiger partial charge in [-0.2, -0.15) is 0 Å². The van der Waals surface area contributed by atoms with Crippen LogP contribution in [0.1, 0.15) is 21.8 Å². The molecular formula is C19H16Cl2N2O4. The number of nitrogens with zero attached hydrogens (tertiary/aromatic N) is 1. The second-order valence-electron chi connectivity index (χ2n) is 5.62. The van der Waals surface area contributed by atoms with Crippen LogP contribution in [0.15, 0.2) is 47.0 Å². The number of aromatic nitrogens is 1. The quantitative estimate of drug-likeness (QED) is 0.613. The van der Waals surface area contributed by atoms with E-state index in [1.807, 2.05) is 12.1 Å². The molecule has 27 heavy (non-hydrogen) atoms. The van der Waals surface area contributed by atoms with E-state index < -0.39 is 5.91 Å². The lowest BCUT2D eigenvalue weighted by Gasteiger charge is -2.10. The maximum absolute atomic E-state index is 12.6. The number of halogens is 2. The number of benzene rings is 2. The minimum absolute atomic E-state index is 0.0920. The standard InChI is InChI=1S/C19H16Cl2N2O4/c1-11-15(10-26-17-6-4-3-5-16(17)25-2)18(23-27-11)19(24)22-14-8-12(20)7-13(21)9-14/h3-9H,10H2,1-2H3,(H,22,24). The molecule has 0 saturated heterocycles. The first-order chi connectivity index (χ1) is 13.0. The third-order valence-corrected chi connectivity index (χ3v) is 4.20. The lowest BCUT2D eigenvalue weighted by Crippen LogP contribution is -2.15. The predicted molar refractivity (Wildman–Crippen MR) is 103 cm³/mol. The normalized spacial score (nSPS) is 10.5. The first-order valence-corrected chi connectivity index (χ1v) is 8.72. The smallest absolute Gasteiger partial charge is 0.278 e. The molecule has 3 aromatic rings. The van der Waals surface area contributed by atoms with E-state index in [9.17, 15) is 4.79 Å². The van der Waals surface area contributed by atoms with Gasteiger partial charge in [-0.05, 0) is 37.3 Å². The second kappa shape index (κ2) is 8.33. The molecule has 0 atom stereocenters. The average molecular weight is 407 g/mol. The van der Waals surface area contributed by atoms with E-state index in [1.165, 1.54) is 0 Å². The lowest BCUT2D eigenvalue weighted by atomic mass is 10.2. The monoisotopic (exact) mass is 406 g/mol. The average Bonchev–Trinajstić information content (AvgIpc) is 3.00. The Morgan fingerprint density at radius 1 is 1.15 bits per heavy atom. The van der Waals surface area contributed by atoms with Gasteiger partial charge in [0.15, 0.2) is 17.2 Å². The number of aryl methyl sites for hydroxylation is 1. The van der Waals surface area contributed by atoms with Gasteiger partial charge in [0, 0.05) is 15.7 Å². The van der Waals surface area contributed by atoms with Gasteiger partial charge in [0.2, 0.25) is 0 Å². The third-order valence-electron chi connectivity index (χ3n) is 3.76. The van der Waals surface area contributed by atoms with E-state index in [0.717, 1.165) is 0 Å². The van der Waals surface area contributed by atoms with Gasteiger partial charge in [0.05, 0.1) is 12.7 Å². The number of rotatable bonds is 6. The molecule has 8 heteroatoms. The van der Waals surface area contributed by atoms with Crippen molar-refractivity contribution in [2.75, 3.05) is 12.4 Å². The summed E-state index contributed by atoms with van der Waals surface area (Å²) >= 11 is 11.9. The fourth-order valence-electron chi connectivity index (χ4n) is 2.44. The molecule has 6 nitrogen and oxygen atoms in total. The van der Waals surface area contributed by atoms with E-state index in [0.29, 0.717) is 38.6 Å². The molecule has 3 rings (SSSR count). The number of ether oxygens (including phenoxy) is 2. The van der Waals surface area contributed by atoms with Crippen LogP contribution in [0.25, 0.3) is 0 Å². The first kappa shape index (κ1) is 19.1. The molecule has 0 bridgehead atoms. The summed E-state index contributed by atoms with van der Waals surface area (Å²) in [5.74, 6) is 1.17. The highest BCUT2D eigenvalue weighted by molar-refractivity contribution is 6.35. The molecule has 140 valence electrons. The summed E-state index contributed by atoms with van der Waals surface area (Å²) in [7, 11) is 1.56. The van der Waals surface area contributed by atoms with Crippen molar-refractivity contribution in [1.82, 2.24) is 5.16 Å². The molecular weight excluding hydrogens is 391 g/mol. The Bertz CT molecular complexity index is 952. The molecule has 0 saturated carbocycles. The SMILES string of the molecule is COc1ccccc1OCc1c(C(=O)Nc2cc(Cl)cc(Cl)c2)noc1C. The number of amides is 1. The van der Waals surface area contributed by atoms with Crippen molar-refractivity contribution in [2.24, 2.45) is 0 Å². The van der Waals surface area contributed by atoms with E-state index in [4.69, 9.17) is 37.2 Å². The minimum atomic E-state index is -0.455. The van der Waals surface area contributed by atoms with Crippen LogP contribution in [-0.4, -0.2) is 18.2 Å². The van der Waals surface area contributed by atoms with Gasteiger partial charge in [0.25, 0.3) is 5.91 Å². The Kier molecular flexibility index (Phi) is 5.88. The molecule has 2 aromatic carbocycles. The number of hydrogen-bond donors (Lipinski definition) is 1. The maximum Gasteiger partial charge on any atom is 0.278 e. The maximum atomic E-state index is 12.6. The summed E-state index contributed by atoms with van der Waals surface area (Å²) in [6, 6.07) is 12.0. The summed E-state index contributed by atoms with van der Waals surface area (Å²) in [4.78, 5) is 12.6. The van der Waals surface area contributed by atoms with Crippen LogP contribution < -0.4 is 14.8 Å². The Balaban J connectivity index is 1.78. The minimum Gasteiger partial charge on any atom is -0.493 e.